The van der Waals surface area contributed by atoms with Crippen LogP contribution >= 0.6 is 0 Å². The van der Waals surface area contributed by atoms with E-state index < -0.39 is 0 Å². The van der Waals surface area contributed by atoms with Crippen LogP contribution in [0.4, 0.5) is 11.6 Å². The number of furan rings is 1. The Hall–Kier alpha value is -1.36. The zero-order chi connectivity index (χ0) is 7.14. The van der Waals surface area contributed by atoms with E-state index in [0.717, 1.165) is 5.06 Å². The Bertz CT molecular complexity index is 257. The lowest BCUT2D eigenvalue weighted by Crippen LogP contribution is -2.16. The van der Waals surface area contributed by atoms with Gasteiger partial charge < -0.3 is 14.8 Å². The smallest absolute Gasteiger partial charge is 0.248 e. The highest BCUT2D eigenvalue weighted by molar-refractivity contribution is 5.74. The van der Waals surface area contributed by atoms with Crippen LogP contribution in [0.25, 0.3) is 0 Å². The van der Waals surface area contributed by atoms with E-state index in [0.29, 0.717) is 5.69 Å². The van der Waals surface area contributed by atoms with Gasteiger partial charge in [0.2, 0.25) is 5.88 Å². The predicted octanol–water partition coefficient (Wildman–Crippen LogP) is 0.564. The fourth-order valence-corrected chi connectivity index (χ4v) is 0.921. The van der Waals surface area contributed by atoms with Crippen molar-refractivity contribution in [2.24, 2.45) is 0 Å². The SMILES string of the molecule is Oc1coc2c1NCN2O. The molecule has 0 atom stereocenters. The number of rotatable bonds is 0. The normalized spacial score (nSPS) is 15.1. The maximum absolute atomic E-state index is 9.00. The number of nitrogens with one attached hydrogen (secondary N) is 1. The van der Waals surface area contributed by atoms with Crippen LogP contribution in [-0.2, 0) is 0 Å². The van der Waals surface area contributed by atoms with Gasteiger partial charge in [0, 0.05) is 0 Å². The Kier molecular flexibility index (Phi) is 0.853. The van der Waals surface area contributed by atoms with Crippen molar-refractivity contribution >= 4 is 11.6 Å². The monoisotopic (exact) mass is 142 g/mol. The molecule has 2 heterocycles. The minimum atomic E-state index is 0.0200. The molecule has 0 aliphatic carbocycles. The molecule has 0 bridgehead atoms. The van der Waals surface area contributed by atoms with Gasteiger partial charge in [-0.3, -0.25) is 5.21 Å². The molecule has 0 saturated heterocycles. The molecule has 0 fully saturated rings. The molecular weight excluding hydrogens is 136 g/mol. The van der Waals surface area contributed by atoms with Crippen molar-refractivity contribution in [1.29, 1.82) is 0 Å². The van der Waals surface area contributed by atoms with Gasteiger partial charge in [0.25, 0.3) is 0 Å². The fraction of sp³-hybridized carbons (Fsp3) is 0.200. The van der Waals surface area contributed by atoms with Crippen LogP contribution in [0, 0.1) is 0 Å². The number of hydroxylamine groups is 1. The Morgan fingerprint density at radius 1 is 1.70 bits per heavy atom. The summed E-state index contributed by atoms with van der Waals surface area (Å²) in [6.45, 7) is 0.253. The summed E-state index contributed by atoms with van der Waals surface area (Å²) in [7, 11) is 0. The molecule has 10 heavy (non-hydrogen) atoms. The van der Waals surface area contributed by atoms with E-state index in [1.807, 2.05) is 0 Å². The van der Waals surface area contributed by atoms with Gasteiger partial charge >= 0.3 is 0 Å². The molecule has 0 saturated carbocycles. The zero-order valence-corrected chi connectivity index (χ0v) is 5.03. The fourth-order valence-electron chi connectivity index (χ4n) is 0.921. The van der Waals surface area contributed by atoms with Crippen LogP contribution in [0.1, 0.15) is 0 Å². The Morgan fingerprint density at radius 2 is 2.50 bits per heavy atom. The van der Waals surface area contributed by atoms with Crippen LogP contribution in [0.3, 0.4) is 0 Å². The largest absolute Gasteiger partial charge is 0.503 e. The number of fused-ring (bicyclic) bond motifs is 1. The van der Waals surface area contributed by atoms with E-state index >= 15 is 0 Å². The van der Waals surface area contributed by atoms with E-state index in [1.54, 1.807) is 0 Å². The van der Waals surface area contributed by atoms with Gasteiger partial charge in [-0.05, 0) is 0 Å². The van der Waals surface area contributed by atoms with Crippen molar-refractivity contribution in [1.82, 2.24) is 0 Å². The van der Waals surface area contributed by atoms with Crippen molar-refractivity contribution in [3.63, 3.8) is 0 Å². The second kappa shape index (κ2) is 1.57. The maximum atomic E-state index is 9.00. The topological polar surface area (TPSA) is 68.9 Å². The van der Waals surface area contributed by atoms with Crippen molar-refractivity contribution in [2.75, 3.05) is 17.0 Å². The maximum Gasteiger partial charge on any atom is 0.248 e. The zero-order valence-electron chi connectivity index (χ0n) is 5.03. The molecule has 1 aromatic rings. The quantitative estimate of drug-likeness (QED) is 0.494. The molecule has 5 nitrogen and oxygen atoms in total. The highest BCUT2D eigenvalue weighted by Crippen LogP contribution is 2.39. The van der Waals surface area contributed by atoms with Gasteiger partial charge in [-0.2, -0.15) is 0 Å². The lowest BCUT2D eigenvalue weighted by Gasteiger charge is -2.02. The van der Waals surface area contributed by atoms with Crippen molar-refractivity contribution < 1.29 is 14.7 Å². The molecule has 0 amide bonds. The third-order valence-electron chi connectivity index (χ3n) is 1.39. The first-order valence-corrected chi connectivity index (χ1v) is 2.80. The van der Waals surface area contributed by atoms with Crippen molar-refractivity contribution in [3.8, 4) is 5.75 Å². The second-order valence-corrected chi connectivity index (χ2v) is 2.04. The molecule has 54 valence electrons. The van der Waals surface area contributed by atoms with Gasteiger partial charge in [0.05, 0.1) is 0 Å². The number of aromatic hydroxyl groups is 1. The number of nitrogens with zero attached hydrogens (tertiary/aromatic N) is 1. The molecular formula is C5H6N2O3. The summed E-state index contributed by atoms with van der Waals surface area (Å²) in [5.74, 6) is 0.282. The van der Waals surface area contributed by atoms with Gasteiger partial charge in [-0.1, -0.05) is 0 Å². The van der Waals surface area contributed by atoms with E-state index in [1.165, 1.54) is 6.26 Å². The van der Waals surface area contributed by atoms with E-state index in [9.17, 15) is 0 Å². The molecule has 0 radical (unpaired) electrons. The third-order valence-corrected chi connectivity index (χ3v) is 1.39. The first-order valence-electron chi connectivity index (χ1n) is 2.80. The summed E-state index contributed by atoms with van der Waals surface area (Å²) >= 11 is 0. The van der Waals surface area contributed by atoms with Gasteiger partial charge in [0.1, 0.15) is 18.6 Å². The molecule has 5 heteroatoms. The molecule has 3 N–H and O–H groups in total. The number of hydrogen-bond acceptors (Lipinski definition) is 5. The van der Waals surface area contributed by atoms with Crippen LogP contribution in [0.5, 0.6) is 5.75 Å². The summed E-state index contributed by atoms with van der Waals surface area (Å²) in [5, 5.41) is 21.6. The van der Waals surface area contributed by atoms with E-state index in [4.69, 9.17) is 14.7 Å². The lowest BCUT2D eigenvalue weighted by atomic mass is 10.5. The average molecular weight is 142 g/mol. The van der Waals surface area contributed by atoms with Gasteiger partial charge in [0.15, 0.2) is 5.75 Å². The van der Waals surface area contributed by atoms with Crippen LogP contribution in [-0.4, -0.2) is 17.0 Å². The molecule has 0 spiro atoms. The highest BCUT2D eigenvalue weighted by Gasteiger charge is 2.24. The van der Waals surface area contributed by atoms with E-state index in [2.05, 4.69) is 5.32 Å². The van der Waals surface area contributed by atoms with Crippen LogP contribution in [0.15, 0.2) is 10.7 Å². The Balaban J connectivity index is 2.53. The van der Waals surface area contributed by atoms with E-state index in [-0.39, 0.29) is 18.3 Å². The average Bonchev–Trinajstić information content (AvgIpc) is 2.41. The Morgan fingerprint density at radius 3 is 3.20 bits per heavy atom. The molecule has 0 aromatic carbocycles. The summed E-state index contributed by atoms with van der Waals surface area (Å²) in [5.41, 5.74) is 0.447. The molecule has 1 aliphatic heterocycles. The lowest BCUT2D eigenvalue weighted by molar-refractivity contribution is 0.247. The van der Waals surface area contributed by atoms with Gasteiger partial charge in [-0.25, -0.2) is 5.06 Å². The first-order chi connectivity index (χ1) is 4.79. The second-order valence-electron chi connectivity index (χ2n) is 2.04. The molecule has 0 unspecified atom stereocenters. The van der Waals surface area contributed by atoms with Crippen molar-refractivity contribution in [2.45, 2.75) is 0 Å². The number of hydrogen-bond donors (Lipinski definition) is 3. The van der Waals surface area contributed by atoms with Crippen LogP contribution < -0.4 is 10.4 Å². The first kappa shape index (κ1) is 5.43. The summed E-state index contributed by atoms with van der Waals surface area (Å²) < 4.78 is 4.78. The highest BCUT2D eigenvalue weighted by atomic mass is 16.5. The molecule has 1 aliphatic rings. The summed E-state index contributed by atoms with van der Waals surface area (Å²) in [6, 6.07) is 0. The third kappa shape index (κ3) is 0.496. The van der Waals surface area contributed by atoms with Gasteiger partial charge in [-0.15, -0.1) is 0 Å². The molecule has 2 rings (SSSR count). The minimum Gasteiger partial charge on any atom is -0.503 e. The minimum absolute atomic E-state index is 0.0200. The number of anilines is 2. The summed E-state index contributed by atoms with van der Waals surface area (Å²) in [6.07, 6.45) is 1.17. The Labute approximate surface area is 56.4 Å². The summed E-state index contributed by atoms with van der Waals surface area (Å²) in [4.78, 5) is 0. The van der Waals surface area contributed by atoms with Crippen LogP contribution in [0.2, 0.25) is 0 Å². The standard InChI is InChI=1S/C5H6N2O3/c8-3-1-10-5-4(3)6-2-7(5)9/h1,6,8-9H,2H2. The molecule has 1 aromatic heterocycles. The predicted molar refractivity (Wildman–Crippen MR) is 33.1 cm³/mol. The van der Waals surface area contributed by atoms with Crippen molar-refractivity contribution in [3.05, 3.63) is 6.26 Å².